The van der Waals surface area contributed by atoms with E-state index in [2.05, 4.69) is 27.1 Å². The average Bonchev–Trinajstić information content (AvgIpc) is 3.26. The van der Waals surface area contributed by atoms with E-state index in [0.29, 0.717) is 49.0 Å². The number of benzene rings is 2. The predicted octanol–water partition coefficient (Wildman–Crippen LogP) is 4.46. The van der Waals surface area contributed by atoms with E-state index >= 15 is 0 Å². The van der Waals surface area contributed by atoms with Crippen LogP contribution in [0.2, 0.25) is 5.02 Å². The lowest BCUT2D eigenvalue weighted by Gasteiger charge is -2.34. The Morgan fingerprint density at radius 3 is 2.55 bits per heavy atom. The van der Waals surface area contributed by atoms with E-state index in [1.54, 1.807) is 23.0 Å². The van der Waals surface area contributed by atoms with Gasteiger partial charge in [0.2, 0.25) is 0 Å². The van der Waals surface area contributed by atoms with Crippen molar-refractivity contribution in [3.63, 3.8) is 0 Å². The molecule has 0 atom stereocenters. The van der Waals surface area contributed by atoms with Gasteiger partial charge in [0.05, 0.1) is 11.9 Å². The Hall–Kier alpha value is -3.29. The van der Waals surface area contributed by atoms with Crippen LogP contribution in [-0.4, -0.2) is 56.5 Å². The van der Waals surface area contributed by atoms with Crippen molar-refractivity contribution in [1.82, 2.24) is 24.4 Å². The van der Waals surface area contributed by atoms with Gasteiger partial charge in [0.15, 0.2) is 5.65 Å². The molecular formula is C25H23ClFN5O. The third kappa shape index (κ3) is 4.34. The molecule has 0 bridgehead atoms. The summed E-state index contributed by atoms with van der Waals surface area (Å²) in [6.45, 7) is 5.27. The number of amides is 1. The largest absolute Gasteiger partial charge is 0.336 e. The zero-order chi connectivity index (χ0) is 22.9. The monoisotopic (exact) mass is 463 g/mol. The zero-order valence-electron chi connectivity index (χ0n) is 18.2. The Morgan fingerprint density at radius 2 is 1.82 bits per heavy atom. The molecule has 168 valence electrons. The zero-order valence-corrected chi connectivity index (χ0v) is 19.0. The molecule has 1 saturated heterocycles. The lowest BCUT2D eigenvalue weighted by atomic mass is 10.1. The lowest BCUT2D eigenvalue weighted by Crippen LogP contribution is -2.48. The number of hydrogen-bond acceptors (Lipinski definition) is 4. The van der Waals surface area contributed by atoms with Gasteiger partial charge in [-0.05, 0) is 30.7 Å². The second kappa shape index (κ2) is 8.92. The molecule has 6 nitrogen and oxygen atoms in total. The number of aryl methyl sites for hydroxylation is 1. The third-order valence-corrected chi connectivity index (χ3v) is 6.40. The summed E-state index contributed by atoms with van der Waals surface area (Å²) in [4.78, 5) is 21.8. The first-order chi connectivity index (χ1) is 16.0. The Kier molecular flexibility index (Phi) is 5.83. The van der Waals surface area contributed by atoms with Crippen LogP contribution in [0.3, 0.4) is 0 Å². The van der Waals surface area contributed by atoms with Gasteiger partial charge in [-0.2, -0.15) is 5.10 Å². The van der Waals surface area contributed by atoms with Crippen molar-refractivity contribution in [2.45, 2.75) is 13.5 Å². The molecule has 4 aromatic rings. The summed E-state index contributed by atoms with van der Waals surface area (Å²) in [6, 6.07) is 14.6. The van der Waals surface area contributed by atoms with Gasteiger partial charge in [-0.3, -0.25) is 9.69 Å². The minimum Gasteiger partial charge on any atom is -0.336 e. The highest BCUT2D eigenvalue weighted by Crippen LogP contribution is 2.23. The summed E-state index contributed by atoms with van der Waals surface area (Å²) in [7, 11) is 0. The number of carbonyl (C=O) groups is 1. The molecule has 3 heterocycles. The van der Waals surface area contributed by atoms with E-state index in [9.17, 15) is 9.18 Å². The van der Waals surface area contributed by atoms with Crippen LogP contribution in [0.15, 0.2) is 60.9 Å². The normalized spacial score (nSPS) is 14.7. The first-order valence-electron chi connectivity index (χ1n) is 10.8. The van der Waals surface area contributed by atoms with E-state index in [4.69, 9.17) is 11.6 Å². The fourth-order valence-electron chi connectivity index (χ4n) is 4.16. The van der Waals surface area contributed by atoms with E-state index in [1.807, 2.05) is 30.0 Å². The van der Waals surface area contributed by atoms with Crippen LogP contribution >= 0.6 is 11.6 Å². The van der Waals surface area contributed by atoms with Crippen molar-refractivity contribution < 1.29 is 9.18 Å². The maximum atomic E-state index is 13.3. The summed E-state index contributed by atoms with van der Waals surface area (Å²) in [5, 5.41) is 4.90. The minimum atomic E-state index is -0.341. The lowest BCUT2D eigenvalue weighted by molar-refractivity contribution is 0.0630. The van der Waals surface area contributed by atoms with Crippen LogP contribution < -0.4 is 0 Å². The molecule has 2 aromatic heterocycles. The Morgan fingerprint density at radius 1 is 1.06 bits per heavy atom. The topological polar surface area (TPSA) is 53.7 Å². The first-order valence-corrected chi connectivity index (χ1v) is 11.2. The number of halogens is 2. The number of rotatable bonds is 4. The molecule has 0 N–H and O–H groups in total. The van der Waals surface area contributed by atoms with Crippen molar-refractivity contribution in [3.05, 3.63) is 88.5 Å². The quantitative estimate of drug-likeness (QED) is 0.448. The highest BCUT2D eigenvalue weighted by Gasteiger charge is 2.26. The molecule has 33 heavy (non-hydrogen) atoms. The van der Waals surface area contributed by atoms with Gasteiger partial charge in [0.1, 0.15) is 11.4 Å². The average molecular weight is 464 g/mol. The minimum absolute atomic E-state index is 0.0713. The summed E-state index contributed by atoms with van der Waals surface area (Å²) < 4.78 is 15.0. The Bertz CT molecular complexity index is 1310. The molecular weight excluding hydrogens is 441 g/mol. The number of aromatic nitrogens is 3. The van der Waals surface area contributed by atoms with Crippen molar-refractivity contribution in [3.8, 4) is 11.3 Å². The fraction of sp³-hybridized carbons (Fsp3) is 0.240. The number of nitrogens with zero attached hydrogens (tertiary/aromatic N) is 5. The van der Waals surface area contributed by atoms with Crippen LogP contribution in [0.1, 0.15) is 21.5 Å². The van der Waals surface area contributed by atoms with Crippen molar-refractivity contribution in [1.29, 1.82) is 0 Å². The smallest absolute Gasteiger partial charge is 0.259 e. The predicted molar refractivity (Wildman–Crippen MR) is 126 cm³/mol. The van der Waals surface area contributed by atoms with Crippen LogP contribution in [0.4, 0.5) is 4.39 Å². The SMILES string of the molecule is Cc1ccc(-c2ccnc3c(C(=O)N4CCN(Cc5ccc(F)cc5Cl)CC4)cnn23)cc1. The van der Waals surface area contributed by atoms with Crippen LogP contribution in [-0.2, 0) is 6.54 Å². The summed E-state index contributed by atoms with van der Waals surface area (Å²) in [5.41, 5.74) is 5.02. The third-order valence-electron chi connectivity index (χ3n) is 6.05. The number of fused-ring (bicyclic) bond motifs is 1. The number of hydrogen-bond donors (Lipinski definition) is 0. The van der Waals surface area contributed by atoms with Crippen molar-refractivity contribution >= 4 is 23.2 Å². The van der Waals surface area contributed by atoms with E-state index in [0.717, 1.165) is 16.8 Å². The maximum absolute atomic E-state index is 13.3. The molecule has 1 fully saturated rings. The Labute approximate surface area is 196 Å². The molecule has 1 amide bonds. The van der Waals surface area contributed by atoms with E-state index in [1.165, 1.54) is 17.7 Å². The summed E-state index contributed by atoms with van der Waals surface area (Å²) >= 11 is 6.17. The van der Waals surface area contributed by atoms with Crippen LogP contribution in [0, 0.1) is 12.7 Å². The van der Waals surface area contributed by atoms with Crippen LogP contribution in [0.5, 0.6) is 0 Å². The second-order valence-corrected chi connectivity index (χ2v) is 8.70. The summed E-state index contributed by atoms with van der Waals surface area (Å²) in [5.74, 6) is -0.412. The molecule has 0 aliphatic carbocycles. The van der Waals surface area contributed by atoms with E-state index in [-0.39, 0.29) is 11.7 Å². The molecule has 2 aromatic carbocycles. The molecule has 0 radical (unpaired) electrons. The van der Waals surface area contributed by atoms with Gasteiger partial charge in [0.25, 0.3) is 5.91 Å². The van der Waals surface area contributed by atoms with Crippen molar-refractivity contribution in [2.24, 2.45) is 0 Å². The Balaban J connectivity index is 1.31. The standard InChI is InChI=1S/C25H23ClFN5O/c1-17-2-4-18(5-3-17)23-8-9-28-24-21(15-29-32(23)24)25(33)31-12-10-30(11-13-31)16-19-6-7-20(27)14-22(19)26/h2-9,14-15H,10-13,16H2,1H3. The van der Waals surface area contributed by atoms with Gasteiger partial charge in [-0.15, -0.1) is 0 Å². The molecule has 1 aliphatic rings. The van der Waals surface area contributed by atoms with Gasteiger partial charge in [-0.1, -0.05) is 47.5 Å². The van der Waals surface area contributed by atoms with Gasteiger partial charge >= 0.3 is 0 Å². The maximum Gasteiger partial charge on any atom is 0.259 e. The molecule has 1 aliphatic heterocycles. The summed E-state index contributed by atoms with van der Waals surface area (Å²) in [6.07, 6.45) is 3.32. The highest BCUT2D eigenvalue weighted by atomic mass is 35.5. The second-order valence-electron chi connectivity index (χ2n) is 8.29. The highest BCUT2D eigenvalue weighted by molar-refractivity contribution is 6.31. The molecule has 0 unspecified atom stereocenters. The number of piperazine rings is 1. The molecule has 0 spiro atoms. The van der Waals surface area contributed by atoms with Gasteiger partial charge in [-0.25, -0.2) is 13.9 Å². The van der Waals surface area contributed by atoms with E-state index < -0.39 is 0 Å². The van der Waals surface area contributed by atoms with Crippen molar-refractivity contribution in [2.75, 3.05) is 26.2 Å². The molecule has 8 heteroatoms. The fourth-order valence-corrected chi connectivity index (χ4v) is 4.38. The first kappa shape index (κ1) is 21.6. The number of carbonyl (C=O) groups excluding carboxylic acids is 1. The van der Waals surface area contributed by atoms with Crippen LogP contribution in [0.25, 0.3) is 16.9 Å². The van der Waals surface area contributed by atoms with Gasteiger partial charge in [0, 0.05) is 49.5 Å². The van der Waals surface area contributed by atoms with Gasteiger partial charge < -0.3 is 4.90 Å². The molecule has 0 saturated carbocycles. The molecule has 5 rings (SSSR count).